The number of aromatic nitrogens is 4. The minimum absolute atomic E-state index is 0.190. The molecule has 2 rings (SSSR count). The molecule has 27 heavy (non-hydrogen) atoms. The van der Waals surface area contributed by atoms with Crippen molar-refractivity contribution in [2.45, 2.75) is 26.2 Å². The average Bonchev–Trinajstić information content (AvgIpc) is 3.09. The fourth-order valence-electron chi connectivity index (χ4n) is 2.26. The quantitative estimate of drug-likeness (QED) is 0.801. The molecule has 2 heterocycles. The Kier molecular flexibility index (Phi) is 4.99. The van der Waals surface area contributed by atoms with E-state index in [1.54, 1.807) is 13.1 Å². The van der Waals surface area contributed by atoms with Crippen LogP contribution in [-0.4, -0.2) is 44.4 Å². The predicted octanol–water partition coefficient (Wildman–Crippen LogP) is 2.18. The van der Waals surface area contributed by atoms with Gasteiger partial charge in [-0.1, -0.05) is 20.8 Å². The zero-order valence-corrected chi connectivity index (χ0v) is 16.0. The number of nitrogens with two attached hydrogens (primary N) is 1. The van der Waals surface area contributed by atoms with E-state index < -0.39 is 6.03 Å². The molecular weight excluding hydrogens is 348 g/mol. The van der Waals surface area contributed by atoms with Gasteiger partial charge in [0.15, 0.2) is 17.1 Å². The predicted molar refractivity (Wildman–Crippen MR) is 96.6 cm³/mol. The molecule has 11 nitrogen and oxygen atoms in total. The molecule has 0 radical (unpaired) electrons. The third-order valence-electron chi connectivity index (χ3n) is 3.66. The van der Waals surface area contributed by atoms with Gasteiger partial charge in [0.05, 0.1) is 5.69 Å². The number of rotatable bonds is 2. The molecule has 0 atom stereocenters. The van der Waals surface area contributed by atoms with Crippen LogP contribution in [0.3, 0.4) is 0 Å². The van der Waals surface area contributed by atoms with Gasteiger partial charge in [-0.3, -0.25) is 4.68 Å². The van der Waals surface area contributed by atoms with Crippen molar-refractivity contribution in [3.8, 4) is 12.1 Å². The van der Waals surface area contributed by atoms with Crippen molar-refractivity contribution in [3.05, 3.63) is 17.1 Å². The van der Waals surface area contributed by atoms with Gasteiger partial charge >= 0.3 is 6.03 Å². The Balaban J connectivity index is 2.66. The molecule has 0 unspecified atom stereocenters. The van der Waals surface area contributed by atoms with Crippen molar-refractivity contribution in [1.29, 1.82) is 10.5 Å². The maximum absolute atomic E-state index is 12.4. The van der Waals surface area contributed by atoms with E-state index in [9.17, 15) is 15.3 Å². The fraction of sp³-hybridized carbons (Fsp3) is 0.438. The molecule has 2 N–H and O–H groups in total. The third kappa shape index (κ3) is 3.48. The monoisotopic (exact) mass is 368 g/mol. The van der Waals surface area contributed by atoms with Crippen LogP contribution >= 0.6 is 0 Å². The van der Waals surface area contributed by atoms with Gasteiger partial charge in [0.1, 0.15) is 18.0 Å². The molecule has 0 saturated carbocycles. The normalized spacial score (nSPS) is 11.4. The van der Waals surface area contributed by atoms with Crippen LogP contribution < -0.4 is 5.73 Å². The topological polar surface area (TPSA) is 154 Å². The van der Waals surface area contributed by atoms with Crippen molar-refractivity contribution in [2.24, 2.45) is 17.3 Å². The zero-order chi connectivity index (χ0) is 20.5. The molecule has 2 aromatic rings. The van der Waals surface area contributed by atoms with Crippen LogP contribution in [0, 0.1) is 22.7 Å². The first-order valence-corrected chi connectivity index (χ1v) is 7.92. The molecule has 0 fully saturated rings. The van der Waals surface area contributed by atoms with Crippen molar-refractivity contribution in [3.63, 3.8) is 0 Å². The van der Waals surface area contributed by atoms with Crippen LogP contribution in [0.15, 0.2) is 10.2 Å². The summed E-state index contributed by atoms with van der Waals surface area (Å²) in [6.07, 6.45) is 0. The number of nitrogens with zero attached hydrogens (tertiary/aromatic N) is 9. The number of aryl methyl sites for hydroxylation is 1. The first-order chi connectivity index (χ1) is 12.5. The second kappa shape index (κ2) is 6.88. The lowest BCUT2D eigenvalue weighted by molar-refractivity contribution is 0.219. The lowest BCUT2D eigenvalue weighted by Gasteiger charge is -2.15. The highest BCUT2D eigenvalue weighted by Gasteiger charge is 2.27. The lowest BCUT2D eigenvalue weighted by atomic mass is 9.91. The van der Waals surface area contributed by atoms with Crippen LogP contribution in [0.25, 0.3) is 0 Å². The van der Waals surface area contributed by atoms with Crippen molar-refractivity contribution in [2.75, 3.05) is 19.8 Å². The zero-order valence-electron chi connectivity index (χ0n) is 16.0. The van der Waals surface area contributed by atoms with Crippen molar-refractivity contribution < 1.29 is 4.79 Å². The lowest BCUT2D eigenvalue weighted by Crippen LogP contribution is -2.28. The summed E-state index contributed by atoms with van der Waals surface area (Å²) in [6.45, 7) is 5.85. The van der Waals surface area contributed by atoms with Gasteiger partial charge in [0.25, 0.3) is 5.95 Å². The highest BCUT2D eigenvalue weighted by molar-refractivity contribution is 5.81. The van der Waals surface area contributed by atoms with E-state index in [4.69, 9.17) is 5.73 Å². The number of carbonyl (C=O) groups is 1. The number of amides is 1. The van der Waals surface area contributed by atoms with E-state index in [-0.39, 0.29) is 22.8 Å². The highest BCUT2D eigenvalue weighted by atomic mass is 16.2. The standard InChI is InChI=1S/C16H20N10O/c1-16(2,3)12-11(13(19)25(6)23-12)21-22-14-20-9(7-17)10(8-18)26(14)15(27)24(4)5/h19H2,1-6H3. The summed E-state index contributed by atoms with van der Waals surface area (Å²) in [5.74, 6) is 0.103. The van der Waals surface area contributed by atoms with Crippen molar-refractivity contribution >= 4 is 23.5 Å². The van der Waals surface area contributed by atoms with Crippen LogP contribution in [0.1, 0.15) is 37.9 Å². The number of nitriles is 2. The van der Waals surface area contributed by atoms with Gasteiger partial charge < -0.3 is 10.6 Å². The van der Waals surface area contributed by atoms with Crippen LogP contribution in [-0.2, 0) is 12.5 Å². The van der Waals surface area contributed by atoms with Gasteiger partial charge in [0.2, 0.25) is 0 Å². The molecular formula is C16H20N10O. The second-order valence-electron chi connectivity index (χ2n) is 7.00. The van der Waals surface area contributed by atoms with Gasteiger partial charge in [-0.2, -0.15) is 20.6 Å². The van der Waals surface area contributed by atoms with E-state index in [2.05, 4.69) is 20.3 Å². The van der Waals surface area contributed by atoms with E-state index in [0.29, 0.717) is 17.2 Å². The first-order valence-electron chi connectivity index (χ1n) is 7.92. The molecule has 0 aliphatic heterocycles. The Morgan fingerprint density at radius 3 is 2.33 bits per heavy atom. The molecule has 0 bridgehead atoms. The maximum Gasteiger partial charge on any atom is 0.331 e. The summed E-state index contributed by atoms with van der Waals surface area (Å²) in [4.78, 5) is 17.6. The summed E-state index contributed by atoms with van der Waals surface area (Å²) >= 11 is 0. The summed E-state index contributed by atoms with van der Waals surface area (Å²) in [7, 11) is 4.70. The second-order valence-corrected chi connectivity index (χ2v) is 7.00. The molecule has 0 aromatic carbocycles. The van der Waals surface area contributed by atoms with E-state index in [1.807, 2.05) is 26.8 Å². The summed E-state index contributed by atoms with van der Waals surface area (Å²) < 4.78 is 2.42. The molecule has 0 spiro atoms. The van der Waals surface area contributed by atoms with Gasteiger partial charge in [-0.15, -0.1) is 10.2 Å². The number of anilines is 1. The van der Waals surface area contributed by atoms with E-state index in [1.165, 1.54) is 23.7 Å². The molecule has 0 saturated heterocycles. The number of carbonyl (C=O) groups excluding carboxylic acids is 1. The van der Waals surface area contributed by atoms with Crippen molar-refractivity contribution in [1.82, 2.24) is 24.2 Å². The highest BCUT2D eigenvalue weighted by Crippen LogP contribution is 2.36. The van der Waals surface area contributed by atoms with Gasteiger partial charge in [0, 0.05) is 26.6 Å². The summed E-state index contributed by atoms with van der Waals surface area (Å²) in [6, 6.07) is 3.01. The Hall–Kier alpha value is -3.73. The summed E-state index contributed by atoms with van der Waals surface area (Å²) in [5, 5.41) is 31.0. The first kappa shape index (κ1) is 19.6. The Labute approximate surface area is 156 Å². The number of hydrogen-bond acceptors (Lipinski definition) is 8. The number of azo groups is 1. The Bertz CT molecular complexity index is 1000. The van der Waals surface area contributed by atoms with E-state index in [0.717, 1.165) is 4.57 Å². The van der Waals surface area contributed by atoms with E-state index >= 15 is 0 Å². The third-order valence-corrected chi connectivity index (χ3v) is 3.66. The van der Waals surface area contributed by atoms with Gasteiger partial charge in [-0.25, -0.2) is 9.36 Å². The molecule has 0 aliphatic carbocycles. The largest absolute Gasteiger partial charge is 0.382 e. The number of hydrogen-bond donors (Lipinski definition) is 1. The molecule has 11 heteroatoms. The molecule has 140 valence electrons. The Morgan fingerprint density at radius 1 is 1.22 bits per heavy atom. The minimum Gasteiger partial charge on any atom is -0.382 e. The molecule has 2 aromatic heterocycles. The summed E-state index contributed by atoms with van der Waals surface area (Å²) in [5.41, 5.74) is 6.22. The van der Waals surface area contributed by atoms with Crippen LogP contribution in [0.5, 0.6) is 0 Å². The van der Waals surface area contributed by atoms with Gasteiger partial charge in [-0.05, 0) is 0 Å². The SMILES string of the molecule is CN(C)C(=O)n1c(N=Nc2c(C(C)(C)C)nn(C)c2N)nc(C#N)c1C#N. The smallest absolute Gasteiger partial charge is 0.331 e. The molecule has 1 amide bonds. The maximum atomic E-state index is 12.4. The number of nitrogen functional groups attached to an aromatic ring is 1. The van der Waals surface area contributed by atoms with Crippen LogP contribution in [0.2, 0.25) is 0 Å². The molecule has 0 aliphatic rings. The minimum atomic E-state index is -0.579. The Morgan fingerprint density at radius 2 is 1.85 bits per heavy atom. The average molecular weight is 368 g/mol. The number of imidazole rings is 1. The fourth-order valence-corrected chi connectivity index (χ4v) is 2.26. The van der Waals surface area contributed by atoms with Crippen LogP contribution in [0.4, 0.5) is 22.2 Å².